The standard InChI is InChI=1S/C17H17NO/c19-17(16-7-4-12-18-16)15-10-8-14(9-11-15)13-5-2-1-3-6-13/h1-3,5-6,8-11,16,18H,4,7,12H2/t16-/m0/s1. The van der Waals surface area contributed by atoms with E-state index in [1.54, 1.807) is 0 Å². The molecule has 1 atom stereocenters. The summed E-state index contributed by atoms with van der Waals surface area (Å²) in [7, 11) is 0. The van der Waals surface area contributed by atoms with Gasteiger partial charge in [-0.3, -0.25) is 4.79 Å². The number of hydrogen-bond acceptors (Lipinski definition) is 2. The van der Waals surface area contributed by atoms with Gasteiger partial charge in [-0.25, -0.2) is 0 Å². The molecule has 1 heterocycles. The maximum absolute atomic E-state index is 12.2. The zero-order valence-corrected chi connectivity index (χ0v) is 10.8. The molecule has 2 aromatic rings. The Morgan fingerprint density at radius 3 is 2.26 bits per heavy atom. The topological polar surface area (TPSA) is 29.1 Å². The minimum Gasteiger partial charge on any atom is -0.307 e. The first-order valence-electron chi connectivity index (χ1n) is 6.78. The van der Waals surface area contributed by atoms with Crippen molar-refractivity contribution in [3.8, 4) is 11.1 Å². The minimum atomic E-state index is 0.0163. The van der Waals surface area contributed by atoms with Crippen LogP contribution in [0, 0.1) is 0 Å². The smallest absolute Gasteiger partial charge is 0.179 e. The van der Waals surface area contributed by atoms with Crippen LogP contribution in [0.4, 0.5) is 0 Å². The summed E-state index contributed by atoms with van der Waals surface area (Å²) in [5, 5.41) is 3.25. The fourth-order valence-corrected chi connectivity index (χ4v) is 2.57. The summed E-state index contributed by atoms with van der Waals surface area (Å²) in [5.41, 5.74) is 3.14. The molecule has 0 aliphatic carbocycles. The van der Waals surface area contributed by atoms with Crippen molar-refractivity contribution in [3.05, 3.63) is 60.2 Å². The fraction of sp³-hybridized carbons (Fsp3) is 0.235. The quantitative estimate of drug-likeness (QED) is 0.848. The van der Waals surface area contributed by atoms with E-state index >= 15 is 0 Å². The Hall–Kier alpha value is -1.93. The van der Waals surface area contributed by atoms with Crippen molar-refractivity contribution in [1.29, 1.82) is 0 Å². The highest BCUT2D eigenvalue weighted by Crippen LogP contribution is 2.20. The average Bonchev–Trinajstić information content (AvgIpc) is 3.02. The van der Waals surface area contributed by atoms with Crippen molar-refractivity contribution in [1.82, 2.24) is 5.32 Å². The van der Waals surface area contributed by atoms with Crippen LogP contribution in [0.3, 0.4) is 0 Å². The van der Waals surface area contributed by atoms with Gasteiger partial charge in [-0.05, 0) is 30.5 Å². The molecule has 1 fully saturated rings. The largest absolute Gasteiger partial charge is 0.307 e. The summed E-state index contributed by atoms with van der Waals surface area (Å²) in [6, 6.07) is 18.2. The lowest BCUT2D eigenvalue weighted by Gasteiger charge is -2.09. The molecule has 0 amide bonds. The van der Waals surface area contributed by atoms with Gasteiger partial charge in [-0.2, -0.15) is 0 Å². The number of rotatable bonds is 3. The van der Waals surface area contributed by atoms with Crippen molar-refractivity contribution in [2.45, 2.75) is 18.9 Å². The van der Waals surface area contributed by atoms with E-state index in [9.17, 15) is 4.79 Å². The fourth-order valence-electron chi connectivity index (χ4n) is 2.57. The van der Waals surface area contributed by atoms with E-state index in [-0.39, 0.29) is 11.8 Å². The third-order valence-electron chi connectivity index (χ3n) is 3.65. The molecule has 96 valence electrons. The van der Waals surface area contributed by atoms with Gasteiger partial charge in [0, 0.05) is 5.56 Å². The second-order valence-electron chi connectivity index (χ2n) is 4.96. The van der Waals surface area contributed by atoms with Crippen molar-refractivity contribution in [2.24, 2.45) is 0 Å². The molecule has 1 N–H and O–H groups in total. The molecule has 19 heavy (non-hydrogen) atoms. The molecule has 1 aliphatic heterocycles. The molecular formula is C17H17NO. The minimum absolute atomic E-state index is 0.0163. The van der Waals surface area contributed by atoms with Crippen molar-refractivity contribution in [2.75, 3.05) is 6.54 Å². The lowest BCUT2D eigenvalue weighted by molar-refractivity contribution is 0.0952. The van der Waals surface area contributed by atoms with Crippen LogP contribution in [0.25, 0.3) is 11.1 Å². The van der Waals surface area contributed by atoms with Crippen LogP contribution in [0.1, 0.15) is 23.2 Å². The summed E-state index contributed by atoms with van der Waals surface area (Å²) < 4.78 is 0. The van der Waals surface area contributed by atoms with Gasteiger partial charge in [0.25, 0.3) is 0 Å². The molecule has 2 nitrogen and oxygen atoms in total. The first kappa shape index (κ1) is 12.1. The number of ketones is 1. The second kappa shape index (κ2) is 5.37. The zero-order chi connectivity index (χ0) is 13.1. The first-order chi connectivity index (χ1) is 9.34. The highest BCUT2D eigenvalue weighted by atomic mass is 16.1. The molecule has 0 bridgehead atoms. The number of carbonyl (C=O) groups excluding carboxylic acids is 1. The highest BCUT2D eigenvalue weighted by Gasteiger charge is 2.22. The number of Topliss-reactive ketones (excluding diaryl/α,β-unsaturated/α-hetero) is 1. The first-order valence-corrected chi connectivity index (χ1v) is 6.78. The number of benzene rings is 2. The molecule has 2 aromatic carbocycles. The lowest BCUT2D eigenvalue weighted by atomic mass is 9.99. The normalized spacial score (nSPS) is 18.4. The monoisotopic (exact) mass is 251 g/mol. The van der Waals surface area contributed by atoms with E-state index in [2.05, 4.69) is 17.4 Å². The molecule has 0 unspecified atom stereocenters. The van der Waals surface area contributed by atoms with Gasteiger partial charge in [-0.1, -0.05) is 54.6 Å². The Kier molecular flexibility index (Phi) is 3.43. The third-order valence-corrected chi connectivity index (χ3v) is 3.65. The Bertz CT molecular complexity index is 554. The van der Waals surface area contributed by atoms with Crippen LogP contribution in [0.2, 0.25) is 0 Å². The van der Waals surface area contributed by atoms with E-state index in [0.29, 0.717) is 0 Å². The Labute approximate surface area is 113 Å². The van der Waals surface area contributed by atoms with E-state index in [1.165, 1.54) is 5.56 Å². The highest BCUT2D eigenvalue weighted by molar-refractivity contribution is 6.00. The number of nitrogens with one attached hydrogen (secondary N) is 1. The summed E-state index contributed by atoms with van der Waals surface area (Å²) in [5.74, 6) is 0.220. The van der Waals surface area contributed by atoms with E-state index < -0.39 is 0 Å². The van der Waals surface area contributed by atoms with Gasteiger partial charge in [0.2, 0.25) is 0 Å². The van der Waals surface area contributed by atoms with Gasteiger partial charge < -0.3 is 5.32 Å². The average molecular weight is 251 g/mol. The van der Waals surface area contributed by atoms with Gasteiger partial charge >= 0.3 is 0 Å². The summed E-state index contributed by atoms with van der Waals surface area (Å²) in [6.45, 7) is 0.957. The molecular weight excluding hydrogens is 234 g/mol. The molecule has 0 aromatic heterocycles. The molecule has 0 spiro atoms. The molecule has 2 heteroatoms. The van der Waals surface area contributed by atoms with Crippen LogP contribution in [0.15, 0.2) is 54.6 Å². The van der Waals surface area contributed by atoms with Crippen molar-refractivity contribution >= 4 is 5.78 Å². The lowest BCUT2D eigenvalue weighted by Crippen LogP contribution is -2.30. The summed E-state index contributed by atoms with van der Waals surface area (Å²) in [6.07, 6.45) is 2.05. The van der Waals surface area contributed by atoms with Crippen molar-refractivity contribution in [3.63, 3.8) is 0 Å². The maximum atomic E-state index is 12.2. The van der Waals surface area contributed by atoms with E-state index in [1.807, 2.05) is 42.5 Å². The molecule has 3 rings (SSSR count). The Balaban J connectivity index is 1.81. The summed E-state index contributed by atoms with van der Waals surface area (Å²) in [4.78, 5) is 12.2. The SMILES string of the molecule is O=C(c1ccc(-c2ccccc2)cc1)[C@@H]1CCCN1. The number of carbonyl (C=O) groups is 1. The predicted octanol–water partition coefficient (Wildman–Crippen LogP) is 3.29. The van der Waals surface area contributed by atoms with Crippen LogP contribution < -0.4 is 5.32 Å². The molecule has 0 saturated carbocycles. The second-order valence-corrected chi connectivity index (χ2v) is 4.96. The Morgan fingerprint density at radius 2 is 1.63 bits per heavy atom. The Morgan fingerprint density at radius 1 is 0.947 bits per heavy atom. The van der Waals surface area contributed by atoms with Crippen LogP contribution in [-0.2, 0) is 0 Å². The maximum Gasteiger partial charge on any atom is 0.179 e. The van der Waals surface area contributed by atoms with Gasteiger partial charge in [-0.15, -0.1) is 0 Å². The number of hydrogen-bond donors (Lipinski definition) is 1. The van der Waals surface area contributed by atoms with Gasteiger partial charge in [0.1, 0.15) is 0 Å². The molecule has 1 aliphatic rings. The van der Waals surface area contributed by atoms with Crippen LogP contribution in [0.5, 0.6) is 0 Å². The van der Waals surface area contributed by atoms with E-state index in [0.717, 1.165) is 30.5 Å². The van der Waals surface area contributed by atoms with Crippen LogP contribution >= 0.6 is 0 Å². The molecule has 0 radical (unpaired) electrons. The van der Waals surface area contributed by atoms with Gasteiger partial charge in [0.05, 0.1) is 6.04 Å². The summed E-state index contributed by atoms with van der Waals surface area (Å²) >= 11 is 0. The predicted molar refractivity (Wildman–Crippen MR) is 77.2 cm³/mol. The van der Waals surface area contributed by atoms with Crippen LogP contribution in [-0.4, -0.2) is 18.4 Å². The molecule has 1 saturated heterocycles. The van der Waals surface area contributed by atoms with E-state index in [4.69, 9.17) is 0 Å². The third kappa shape index (κ3) is 2.59. The zero-order valence-electron chi connectivity index (χ0n) is 10.8. The van der Waals surface area contributed by atoms with Crippen molar-refractivity contribution < 1.29 is 4.79 Å². The van der Waals surface area contributed by atoms with Gasteiger partial charge in [0.15, 0.2) is 5.78 Å².